The van der Waals surface area contributed by atoms with E-state index in [1.165, 1.54) is 6.92 Å². The van der Waals surface area contributed by atoms with E-state index in [0.717, 1.165) is 11.1 Å². The number of amides is 2. The van der Waals surface area contributed by atoms with Crippen LogP contribution in [0.5, 0.6) is 0 Å². The Balaban J connectivity index is 1.94. The summed E-state index contributed by atoms with van der Waals surface area (Å²) in [5, 5.41) is 2.93. The minimum Gasteiger partial charge on any atom is -0.348 e. The van der Waals surface area contributed by atoms with Gasteiger partial charge in [-0.05, 0) is 18.1 Å². The van der Waals surface area contributed by atoms with Crippen LogP contribution in [-0.4, -0.2) is 23.3 Å². The molecule has 0 bridgehead atoms. The van der Waals surface area contributed by atoms with E-state index in [0.29, 0.717) is 6.54 Å². The lowest BCUT2D eigenvalue weighted by atomic mass is 10.1. The number of carbonyl (C=O) groups is 2. The van der Waals surface area contributed by atoms with Crippen molar-refractivity contribution in [3.05, 3.63) is 71.8 Å². The van der Waals surface area contributed by atoms with Crippen molar-refractivity contribution in [2.75, 3.05) is 6.54 Å². The minimum atomic E-state index is -0.160. The van der Waals surface area contributed by atoms with E-state index in [4.69, 9.17) is 0 Å². The number of benzene rings is 2. The molecule has 0 aliphatic carbocycles. The first-order chi connectivity index (χ1) is 11.1. The Bertz CT molecular complexity index is 641. The number of nitrogens with one attached hydrogen (secondary N) is 1. The highest BCUT2D eigenvalue weighted by atomic mass is 16.2. The average molecular weight is 310 g/mol. The zero-order valence-electron chi connectivity index (χ0n) is 13.5. The van der Waals surface area contributed by atoms with Crippen LogP contribution in [0, 0.1) is 0 Å². The number of carbonyl (C=O) groups excluding carboxylic acids is 2. The van der Waals surface area contributed by atoms with E-state index < -0.39 is 0 Å². The summed E-state index contributed by atoms with van der Waals surface area (Å²) in [5.74, 6) is -0.274. The van der Waals surface area contributed by atoms with Gasteiger partial charge in [-0.1, -0.05) is 60.7 Å². The molecule has 4 nitrogen and oxygen atoms in total. The van der Waals surface area contributed by atoms with Crippen molar-refractivity contribution in [3.8, 4) is 0 Å². The lowest BCUT2D eigenvalue weighted by Crippen LogP contribution is -2.40. The Kier molecular flexibility index (Phi) is 5.92. The number of hydrogen-bond acceptors (Lipinski definition) is 2. The first-order valence-corrected chi connectivity index (χ1v) is 7.70. The van der Waals surface area contributed by atoms with Crippen molar-refractivity contribution < 1.29 is 9.59 Å². The minimum absolute atomic E-state index is 0.0569. The Labute approximate surface area is 137 Å². The van der Waals surface area contributed by atoms with Crippen LogP contribution in [0.15, 0.2) is 60.7 Å². The van der Waals surface area contributed by atoms with Gasteiger partial charge >= 0.3 is 0 Å². The van der Waals surface area contributed by atoms with Crippen LogP contribution in [0.1, 0.15) is 31.0 Å². The molecule has 0 aromatic heterocycles. The largest absolute Gasteiger partial charge is 0.348 e. The summed E-state index contributed by atoms with van der Waals surface area (Å²) in [4.78, 5) is 25.6. The van der Waals surface area contributed by atoms with Crippen LogP contribution in [0.4, 0.5) is 0 Å². The summed E-state index contributed by atoms with van der Waals surface area (Å²) in [6.07, 6.45) is 0. The maximum atomic E-state index is 12.2. The fraction of sp³-hybridized carbons (Fsp3) is 0.263. The molecule has 2 aromatic carbocycles. The predicted octanol–water partition coefficient (Wildman–Crippen LogP) is 2.91. The van der Waals surface area contributed by atoms with Gasteiger partial charge in [0.05, 0.1) is 12.6 Å². The molecule has 1 unspecified atom stereocenters. The number of rotatable bonds is 6. The number of hydrogen-bond donors (Lipinski definition) is 1. The molecule has 0 aliphatic heterocycles. The number of nitrogens with zero attached hydrogens (tertiary/aromatic N) is 1. The first-order valence-electron chi connectivity index (χ1n) is 7.70. The molecular formula is C19H22N2O2. The molecule has 1 N–H and O–H groups in total. The van der Waals surface area contributed by atoms with Gasteiger partial charge in [0.15, 0.2) is 0 Å². The molecular weight excluding hydrogens is 288 g/mol. The van der Waals surface area contributed by atoms with Crippen LogP contribution in [-0.2, 0) is 16.1 Å². The summed E-state index contributed by atoms with van der Waals surface area (Å²) in [6, 6.07) is 19.3. The van der Waals surface area contributed by atoms with Crippen molar-refractivity contribution in [3.63, 3.8) is 0 Å². The normalized spacial score (nSPS) is 11.6. The molecule has 23 heavy (non-hydrogen) atoms. The quantitative estimate of drug-likeness (QED) is 0.892. The van der Waals surface area contributed by atoms with Crippen LogP contribution in [0.2, 0.25) is 0 Å². The molecule has 0 saturated heterocycles. The molecule has 0 heterocycles. The average Bonchev–Trinajstić information content (AvgIpc) is 2.56. The maximum Gasteiger partial charge on any atom is 0.240 e. The molecule has 0 saturated carbocycles. The van der Waals surface area contributed by atoms with Crippen molar-refractivity contribution >= 4 is 11.8 Å². The van der Waals surface area contributed by atoms with Crippen molar-refractivity contribution in [1.82, 2.24) is 10.2 Å². The second-order valence-electron chi connectivity index (χ2n) is 5.56. The summed E-state index contributed by atoms with van der Waals surface area (Å²) in [5.41, 5.74) is 2.05. The molecule has 2 rings (SSSR count). The molecule has 2 amide bonds. The molecule has 0 aliphatic rings. The third-order valence-electron chi connectivity index (χ3n) is 3.67. The van der Waals surface area contributed by atoms with Crippen molar-refractivity contribution in [1.29, 1.82) is 0 Å². The second-order valence-corrected chi connectivity index (χ2v) is 5.56. The standard InChI is InChI=1S/C19H22N2O2/c1-15(18-11-7-4-8-12-18)20-19(23)14-21(16(2)22)13-17-9-5-3-6-10-17/h3-12,15H,13-14H2,1-2H3,(H,20,23). The van der Waals surface area contributed by atoms with E-state index in [2.05, 4.69) is 5.32 Å². The van der Waals surface area contributed by atoms with Gasteiger partial charge in [-0.2, -0.15) is 0 Å². The lowest BCUT2D eigenvalue weighted by molar-refractivity contribution is -0.135. The summed E-state index contributed by atoms with van der Waals surface area (Å²) in [7, 11) is 0. The molecule has 0 fully saturated rings. The third kappa shape index (κ3) is 5.25. The summed E-state index contributed by atoms with van der Waals surface area (Å²) >= 11 is 0. The van der Waals surface area contributed by atoms with Gasteiger partial charge in [0, 0.05) is 13.5 Å². The van der Waals surface area contributed by atoms with Crippen LogP contribution in [0.25, 0.3) is 0 Å². The van der Waals surface area contributed by atoms with Crippen molar-refractivity contribution in [2.45, 2.75) is 26.4 Å². The zero-order valence-corrected chi connectivity index (χ0v) is 13.5. The van der Waals surface area contributed by atoms with E-state index in [1.54, 1.807) is 4.90 Å². The van der Waals surface area contributed by atoms with E-state index in [-0.39, 0.29) is 24.4 Å². The molecule has 0 radical (unpaired) electrons. The highest BCUT2D eigenvalue weighted by molar-refractivity contribution is 5.84. The molecule has 120 valence electrons. The fourth-order valence-corrected chi connectivity index (χ4v) is 2.37. The van der Waals surface area contributed by atoms with Crippen molar-refractivity contribution in [2.24, 2.45) is 0 Å². The Morgan fingerprint density at radius 1 is 1.00 bits per heavy atom. The summed E-state index contributed by atoms with van der Waals surface area (Å²) < 4.78 is 0. The molecule has 2 aromatic rings. The SMILES string of the molecule is CC(=O)N(CC(=O)NC(C)c1ccccc1)Cc1ccccc1. The van der Waals surface area contributed by atoms with Gasteiger partial charge < -0.3 is 10.2 Å². The van der Waals surface area contributed by atoms with Gasteiger partial charge in [0.1, 0.15) is 0 Å². The zero-order chi connectivity index (χ0) is 16.7. The van der Waals surface area contributed by atoms with Gasteiger partial charge in [-0.15, -0.1) is 0 Å². The first kappa shape index (κ1) is 16.7. The van der Waals surface area contributed by atoms with Gasteiger partial charge in [-0.3, -0.25) is 9.59 Å². The van der Waals surface area contributed by atoms with E-state index in [1.807, 2.05) is 67.6 Å². The Hall–Kier alpha value is -2.62. The van der Waals surface area contributed by atoms with Crippen LogP contribution >= 0.6 is 0 Å². The highest BCUT2D eigenvalue weighted by Crippen LogP contribution is 2.11. The molecule has 0 spiro atoms. The van der Waals surface area contributed by atoms with E-state index in [9.17, 15) is 9.59 Å². The monoisotopic (exact) mass is 310 g/mol. The van der Waals surface area contributed by atoms with Gasteiger partial charge in [0.2, 0.25) is 11.8 Å². The predicted molar refractivity (Wildman–Crippen MR) is 90.5 cm³/mol. The summed E-state index contributed by atoms with van der Waals surface area (Å²) in [6.45, 7) is 3.91. The topological polar surface area (TPSA) is 49.4 Å². The van der Waals surface area contributed by atoms with Crippen LogP contribution in [0.3, 0.4) is 0 Å². The fourth-order valence-electron chi connectivity index (χ4n) is 2.37. The second kappa shape index (κ2) is 8.13. The Morgan fingerprint density at radius 3 is 2.13 bits per heavy atom. The smallest absolute Gasteiger partial charge is 0.240 e. The van der Waals surface area contributed by atoms with Gasteiger partial charge in [0.25, 0.3) is 0 Å². The maximum absolute atomic E-state index is 12.2. The van der Waals surface area contributed by atoms with E-state index >= 15 is 0 Å². The highest BCUT2D eigenvalue weighted by Gasteiger charge is 2.16. The third-order valence-corrected chi connectivity index (χ3v) is 3.67. The molecule has 4 heteroatoms. The van der Waals surface area contributed by atoms with Crippen LogP contribution < -0.4 is 5.32 Å². The lowest BCUT2D eigenvalue weighted by Gasteiger charge is -2.22. The molecule has 1 atom stereocenters. The van der Waals surface area contributed by atoms with Gasteiger partial charge in [-0.25, -0.2) is 0 Å². The Morgan fingerprint density at radius 2 is 1.57 bits per heavy atom.